The van der Waals surface area contributed by atoms with Crippen LogP contribution in [-0.2, 0) is 11.3 Å². The lowest BCUT2D eigenvalue weighted by Crippen LogP contribution is -2.56. The summed E-state index contributed by atoms with van der Waals surface area (Å²) in [7, 11) is 0. The number of halogens is 2. The van der Waals surface area contributed by atoms with E-state index in [-0.39, 0.29) is 22.8 Å². The molecular weight excluding hydrogens is 527 g/mol. The van der Waals surface area contributed by atoms with Gasteiger partial charge < -0.3 is 9.80 Å². The smallest absolute Gasteiger partial charge is 0.332 e. The average molecular weight is 561 g/mol. The first-order valence-electron chi connectivity index (χ1n) is 14.2. The van der Waals surface area contributed by atoms with Gasteiger partial charge in [0.1, 0.15) is 11.4 Å². The molecule has 6 nitrogen and oxygen atoms in total. The van der Waals surface area contributed by atoms with E-state index >= 15 is 0 Å². The minimum absolute atomic E-state index is 0.227. The van der Waals surface area contributed by atoms with E-state index in [1.54, 1.807) is 41.3 Å². The second-order valence-corrected chi connectivity index (χ2v) is 11.4. The molecule has 3 aromatic rings. The number of benzene rings is 3. The number of anilines is 2. The van der Waals surface area contributed by atoms with Gasteiger partial charge in [-0.05, 0) is 74.1 Å². The maximum absolute atomic E-state index is 14.3. The number of nitrogens with zero attached hydrogens (tertiary/aromatic N) is 4. The summed E-state index contributed by atoms with van der Waals surface area (Å²) in [6, 6.07) is 19.9. The molecule has 0 saturated carbocycles. The Balaban J connectivity index is 1.17. The summed E-state index contributed by atoms with van der Waals surface area (Å²) in [5.74, 6) is -0.584. The quantitative estimate of drug-likeness (QED) is 0.320. The van der Waals surface area contributed by atoms with E-state index in [2.05, 4.69) is 34.1 Å². The Labute approximate surface area is 239 Å². The van der Waals surface area contributed by atoms with Crippen molar-refractivity contribution in [1.29, 1.82) is 0 Å². The second kappa shape index (κ2) is 10.9. The number of hydrogen-bond acceptors (Lipinski definition) is 4. The predicted octanol–water partition coefficient (Wildman–Crippen LogP) is 6.57. The van der Waals surface area contributed by atoms with Crippen LogP contribution in [0.2, 0.25) is 5.02 Å². The van der Waals surface area contributed by atoms with Gasteiger partial charge in [0.15, 0.2) is 0 Å². The van der Waals surface area contributed by atoms with Crippen LogP contribution < -0.4 is 9.80 Å². The minimum Gasteiger partial charge on any atom is -0.372 e. The minimum atomic E-state index is -0.879. The fraction of sp³-hybridized carbons (Fsp3) is 0.375. The summed E-state index contributed by atoms with van der Waals surface area (Å²) in [6.45, 7) is 6.86. The molecule has 3 fully saturated rings. The number of likely N-dealkylation sites (tertiary alicyclic amines) is 1. The van der Waals surface area contributed by atoms with E-state index < -0.39 is 5.54 Å². The molecule has 3 heterocycles. The van der Waals surface area contributed by atoms with Crippen LogP contribution in [0.1, 0.15) is 38.2 Å². The van der Waals surface area contributed by atoms with Crippen molar-refractivity contribution < 1.29 is 14.0 Å². The molecule has 3 aromatic carbocycles. The molecule has 3 amide bonds. The third kappa shape index (κ3) is 4.65. The summed E-state index contributed by atoms with van der Waals surface area (Å²) in [5, 5.41) is 0.241. The fourth-order valence-corrected chi connectivity index (χ4v) is 6.79. The van der Waals surface area contributed by atoms with Crippen LogP contribution in [0.4, 0.5) is 20.6 Å². The molecule has 0 aromatic heterocycles. The van der Waals surface area contributed by atoms with Crippen molar-refractivity contribution in [3.63, 3.8) is 0 Å². The van der Waals surface area contributed by atoms with E-state index in [4.69, 9.17) is 11.6 Å². The Morgan fingerprint density at radius 3 is 2.25 bits per heavy atom. The van der Waals surface area contributed by atoms with Gasteiger partial charge in [0, 0.05) is 50.5 Å². The van der Waals surface area contributed by atoms with E-state index in [0.29, 0.717) is 36.2 Å². The van der Waals surface area contributed by atoms with Gasteiger partial charge in [-0.25, -0.2) is 14.1 Å². The van der Waals surface area contributed by atoms with Crippen molar-refractivity contribution in [2.75, 3.05) is 42.5 Å². The second-order valence-electron chi connectivity index (χ2n) is 11.0. The first-order valence-corrected chi connectivity index (χ1v) is 14.6. The molecule has 6 rings (SSSR count). The van der Waals surface area contributed by atoms with Crippen LogP contribution >= 0.6 is 11.6 Å². The van der Waals surface area contributed by atoms with Gasteiger partial charge in [-0.2, -0.15) is 0 Å². The van der Waals surface area contributed by atoms with Crippen LogP contribution in [0.5, 0.6) is 0 Å². The van der Waals surface area contributed by atoms with Gasteiger partial charge >= 0.3 is 6.03 Å². The summed E-state index contributed by atoms with van der Waals surface area (Å²) in [6.07, 6.45) is 3.66. The van der Waals surface area contributed by atoms with Crippen molar-refractivity contribution in [3.8, 4) is 11.1 Å². The molecular formula is C32H34ClFN4O2. The average Bonchev–Trinajstić information content (AvgIpc) is 3.57. The molecule has 40 heavy (non-hydrogen) atoms. The zero-order valence-electron chi connectivity index (χ0n) is 22.8. The van der Waals surface area contributed by atoms with Gasteiger partial charge in [-0.3, -0.25) is 9.69 Å². The molecule has 0 bridgehead atoms. The maximum atomic E-state index is 14.3. The summed E-state index contributed by atoms with van der Waals surface area (Å²) < 4.78 is 14.3. The molecule has 1 spiro atoms. The van der Waals surface area contributed by atoms with E-state index in [1.165, 1.54) is 35.1 Å². The monoisotopic (exact) mass is 560 g/mol. The van der Waals surface area contributed by atoms with Gasteiger partial charge in [0.05, 0.1) is 10.7 Å². The number of imide groups is 1. The molecule has 0 atom stereocenters. The number of urea groups is 1. The number of carbonyl (C=O) groups excluding carboxylic acids is 2. The van der Waals surface area contributed by atoms with Gasteiger partial charge in [-0.1, -0.05) is 48.0 Å². The third-order valence-corrected chi connectivity index (χ3v) is 9.03. The van der Waals surface area contributed by atoms with E-state index in [1.807, 2.05) is 6.92 Å². The third-order valence-electron chi connectivity index (χ3n) is 8.73. The number of rotatable bonds is 6. The lowest BCUT2D eigenvalue weighted by molar-refractivity contribution is -0.127. The molecule has 208 valence electrons. The Kier molecular flexibility index (Phi) is 7.27. The first kappa shape index (κ1) is 26.8. The van der Waals surface area contributed by atoms with Crippen LogP contribution in [0, 0.1) is 5.82 Å². The summed E-state index contributed by atoms with van der Waals surface area (Å²) in [5.41, 5.74) is 3.01. The fourth-order valence-electron chi connectivity index (χ4n) is 6.53. The Morgan fingerprint density at radius 2 is 1.60 bits per heavy atom. The van der Waals surface area contributed by atoms with Crippen LogP contribution in [-0.4, -0.2) is 60.0 Å². The lowest BCUT2D eigenvalue weighted by Gasteiger charge is -2.41. The van der Waals surface area contributed by atoms with Crippen molar-refractivity contribution in [3.05, 3.63) is 83.1 Å². The highest BCUT2D eigenvalue weighted by Gasteiger charge is 2.58. The molecule has 3 saturated heterocycles. The van der Waals surface area contributed by atoms with Gasteiger partial charge in [0.2, 0.25) is 0 Å². The maximum Gasteiger partial charge on any atom is 0.332 e. The van der Waals surface area contributed by atoms with Gasteiger partial charge in [-0.15, -0.1) is 0 Å². The molecule has 3 aliphatic heterocycles. The zero-order chi connectivity index (χ0) is 27.9. The number of likely N-dealkylation sites (N-methyl/N-ethyl adjacent to an activating group) is 1. The highest BCUT2D eigenvalue weighted by Crippen LogP contribution is 2.42. The van der Waals surface area contributed by atoms with Crippen molar-refractivity contribution in [1.82, 2.24) is 9.80 Å². The van der Waals surface area contributed by atoms with Gasteiger partial charge in [0.25, 0.3) is 5.91 Å². The molecule has 0 radical (unpaired) electrons. The van der Waals surface area contributed by atoms with E-state index in [9.17, 15) is 14.0 Å². The van der Waals surface area contributed by atoms with Crippen LogP contribution in [0.25, 0.3) is 11.1 Å². The molecule has 3 aliphatic rings. The normalized spacial score (nSPS) is 19.3. The standard InChI is InChI=1S/C32H34ClFN4O2/c1-2-37-31(40)38(29-14-11-24(21-27(29)33)26-7-3-4-8-28(26)34)30(39)32(37)15-19-35(20-16-32)22-23-9-12-25(13-10-23)36-17-5-6-18-36/h3-4,7-14,21H,2,5-6,15-20,22H2,1H3. The largest absolute Gasteiger partial charge is 0.372 e. The predicted molar refractivity (Wildman–Crippen MR) is 157 cm³/mol. The molecule has 0 N–H and O–H groups in total. The zero-order valence-corrected chi connectivity index (χ0v) is 23.5. The van der Waals surface area contributed by atoms with Crippen molar-refractivity contribution >= 4 is 34.9 Å². The summed E-state index contributed by atoms with van der Waals surface area (Å²) in [4.78, 5) is 35.3. The highest BCUT2D eigenvalue weighted by atomic mass is 35.5. The van der Waals surface area contributed by atoms with Crippen molar-refractivity contribution in [2.45, 2.75) is 44.7 Å². The summed E-state index contributed by atoms with van der Waals surface area (Å²) >= 11 is 6.63. The van der Waals surface area contributed by atoms with E-state index in [0.717, 1.165) is 32.7 Å². The van der Waals surface area contributed by atoms with Crippen LogP contribution in [0.3, 0.4) is 0 Å². The van der Waals surface area contributed by atoms with Crippen molar-refractivity contribution in [2.24, 2.45) is 0 Å². The number of amides is 3. The molecule has 8 heteroatoms. The number of hydrogen-bond donors (Lipinski definition) is 0. The first-order chi connectivity index (χ1) is 19.4. The number of carbonyl (C=O) groups is 2. The topological polar surface area (TPSA) is 47.1 Å². The Hall–Kier alpha value is -3.42. The molecule has 0 unspecified atom stereocenters. The Bertz CT molecular complexity index is 1410. The van der Waals surface area contributed by atoms with Crippen LogP contribution in [0.15, 0.2) is 66.7 Å². The number of piperidine rings is 1. The SMILES string of the molecule is CCN1C(=O)N(c2ccc(-c3ccccc3F)cc2Cl)C(=O)C12CCN(Cc1ccc(N3CCCC3)cc1)CC2. The molecule has 0 aliphatic carbocycles. The Morgan fingerprint density at radius 1 is 0.900 bits per heavy atom. The lowest BCUT2D eigenvalue weighted by atomic mass is 9.85. The highest BCUT2D eigenvalue weighted by molar-refractivity contribution is 6.36.